The molecule has 45 heavy (non-hydrogen) atoms. The van der Waals surface area contributed by atoms with Gasteiger partial charge in [0.1, 0.15) is 34.9 Å². The van der Waals surface area contributed by atoms with Crippen LogP contribution in [0.4, 0.5) is 9.59 Å². The van der Waals surface area contributed by atoms with Crippen LogP contribution >= 0.6 is 0 Å². The van der Waals surface area contributed by atoms with Gasteiger partial charge in [0.05, 0.1) is 25.3 Å². The Labute approximate surface area is 269 Å². The molecule has 2 aromatic rings. The van der Waals surface area contributed by atoms with Crippen molar-refractivity contribution < 1.29 is 33.3 Å². The van der Waals surface area contributed by atoms with E-state index in [1.165, 1.54) is 0 Å². The van der Waals surface area contributed by atoms with Crippen LogP contribution in [0, 0.1) is 0 Å². The molecule has 2 aliphatic heterocycles. The van der Waals surface area contributed by atoms with Crippen LogP contribution in [0.1, 0.15) is 80.4 Å². The van der Waals surface area contributed by atoms with Crippen LogP contribution in [0.15, 0.2) is 60.7 Å². The fourth-order valence-corrected chi connectivity index (χ4v) is 6.22. The fraction of sp³-hybridized carbons (Fsp3) is 0.611. The topological polar surface area (TPSA) is 86.8 Å². The lowest BCUT2D eigenvalue weighted by Crippen LogP contribution is -2.51. The van der Waals surface area contributed by atoms with Crippen molar-refractivity contribution in [3.05, 3.63) is 71.8 Å². The molecule has 9 heteroatoms. The Balaban J connectivity index is 1.54. The van der Waals surface area contributed by atoms with Gasteiger partial charge in [0.15, 0.2) is 0 Å². The zero-order chi connectivity index (χ0) is 33.2. The van der Waals surface area contributed by atoms with E-state index in [1.807, 2.05) is 130 Å². The predicted molar refractivity (Wildman–Crippen MR) is 173 cm³/mol. The van der Waals surface area contributed by atoms with Crippen molar-refractivity contribution in [3.8, 4) is 0 Å². The third-order valence-electron chi connectivity index (χ3n) is 7.88. The van der Waals surface area contributed by atoms with Crippen molar-refractivity contribution in [2.24, 2.45) is 0 Å². The van der Waals surface area contributed by atoms with Gasteiger partial charge in [-0.05, 0) is 93.2 Å². The number of nitrogens with zero attached hydrogens (tertiary/aromatic N) is 2. The molecule has 0 saturated carbocycles. The molecule has 2 amide bonds. The van der Waals surface area contributed by atoms with Gasteiger partial charge < -0.3 is 23.7 Å². The molecule has 2 fully saturated rings. The normalized spacial score (nSPS) is 24.5. The number of hydrogen-bond acceptors (Lipinski definition) is 7. The smallest absolute Gasteiger partial charge is 0.412 e. The van der Waals surface area contributed by atoms with E-state index in [0.29, 0.717) is 12.8 Å². The zero-order valence-corrected chi connectivity index (χ0v) is 28.7. The van der Waals surface area contributed by atoms with Crippen LogP contribution in [-0.4, -0.2) is 82.1 Å². The van der Waals surface area contributed by atoms with E-state index in [0.717, 1.165) is 11.1 Å². The van der Waals surface area contributed by atoms with Crippen LogP contribution in [0.5, 0.6) is 0 Å². The van der Waals surface area contributed by atoms with Gasteiger partial charge in [0, 0.05) is 0 Å². The van der Waals surface area contributed by atoms with Gasteiger partial charge in [0.25, 0.3) is 0 Å². The fourth-order valence-electron chi connectivity index (χ4n) is 6.22. The van der Waals surface area contributed by atoms with E-state index in [9.17, 15) is 9.59 Å². The average Bonchev–Trinajstić information content (AvgIpc) is 3.30. The Morgan fingerprint density at radius 2 is 0.978 bits per heavy atom. The highest BCUT2D eigenvalue weighted by Crippen LogP contribution is 2.38. The molecule has 0 spiro atoms. The van der Waals surface area contributed by atoms with Crippen molar-refractivity contribution in [3.63, 3.8) is 0 Å². The highest BCUT2D eigenvalue weighted by atomic mass is 16.6. The van der Waals surface area contributed by atoms with Gasteiger partial charge in [-0.1, -0.05) is 60.7 Å². The number of hydrogen-bond donors (Lipinski definition) is 0. The molecule has 248 valence electrons. The van der Waals surface area contributed by atoms with Crippen LogP contribution < -0.4 is 0 Å². The number of amides is 2. The zero-order valence-electron chi connectivity index (χ0n) is 28.7. The van der Waals surface area contributed by atoms with E-state index in [-0.39, 0.29) is 25.3 Å². The van der Waals surface area contributed by atoms with Gasteiger partial charge in [-0.3, -0.25) is 9.80 Å². The second-order valence-electron chi connectivity index (χ2n) is 15.0. The maximum absolute atomic E-state index is 13.5. The maximum Gasteiger partial charge on any atom is 0.412 e. The summed E-state index contributed by atoms with van der Waals surface area (Å²) in [5.41, 5.74) is -0.965. The second kappa shape index (κ2) is 13.3. The van der Waals surface area contributed by atoms with Gasteiger partial charge >= 0.3 is 12.2 Å². The van der Waals surface area contributed by atoms with Crippen LogP contribution in [0.2, 0.25) is 0 Å². The van der Waals surface area contributed by atoms with E-state index in [2.05, 4.69) is 0 Å². The van der Waals surface area contributed by atoms with Gasteiger partial charge in [0.2, 0.25) is 0 Å². The summed E-state index contributed by atoms with van der Waals surface area (Å²) in [5.74, 6) is 0. The Kier molecular flexibility index (Phi) is 10.3. The van der Waals surface area contributed by atoms with Crippen LogP contribution in [0.3, 0.4) is 0 Å². The van der Waals surface area contributed by atoms with Crippen LogP contribution in [-0.2, 0) is 36.5 Å². The standard InChI is InChI=1S/C36H52N2O7/c1-33(2,3)44-31(39)37-27(21-25-17-13-11-14-18-25)29(42-35(37,7)8)23-41-24-30-28(22-26-19-15-12-16-20-26)38(36(9,10)43-30)32(40)45-34(4,5)6/h11-20,27-30H,21-24H2,1-10H3/t27-,28-,29+,30+/m0/s1. The average molecular weight is 625 g/mol. The van der Waals surface area contributed by atoms with Gasteiger partial charge in [-0.2, -0.15) is 0 Å². The predicted octanol–water partition coefficient (Wildman–Crippen LogP) is 6.97. The number of rotatable bonds is 8. The van der Waals surface area contributed by atoms with E-state index < -0.39 is 47.0 Å². The third-order valence-corrected chi connectivity index (χ3v) is 7.88. The molecule has 4 atom stereocenters. The highest BCUT2D eigenvalue weighted by molar-refractivity contribution is 5.70. The first kappa shape index (κ1) is 34.7. The first-order chi connectivity index (χ1) is 20.9. The lowest BCUT2D eigenvalue weighted by Gasteiger charge is -2.35. The quantitative estimate of drug-likeness (QED) is 0.314. The first-order valence-corrected chi connectivity index (χ1v) is 15.9. The summed E-state index contributed by atoms with van der Waals surface area (Å²) in [5, 5.41) is 0. The molecule has 0 radical (unpaired) electrons. The van der Waals surface area contributed by atoms with E-state index in [1.54, 1.807) is 9.80 Å². The number of benzene rings is 2. The summed E-state index contributed by atoms with van der Waals surface area (Å²) in [6.07, 6.45) is -0.532. The molecule has 0 unspecified atom stereocenters. The summed E-state index contributed by atoms with van der Waals surface area (Å²) in [6.45, 7) is 19.1. The number of carbonyl (C=O) groups excluding carboxylic acids is 2. The summed E-state index contributed by atoms with van der Waals surface area (Å²) in [7, 11) is 0. The lowest BCUT2D eigenvalue weighted by atomic mass is 10.00. The largest absolute Gasteiger partial charge is 0.444 e. The highest BCUT2D eigenvalue weighted by Gasteiger charge is 2.53. The molecule has 2 saturated heterocycles. The van der Waals surface area contributed by atoms with Crippen molar-refractivity contribution in [2.75, 3.05) is 13.2 Å². The molecule has 2 aromatic carbocycles. The Morgan fingerprint density at radius 1 is 0.644 bits per heavy atom. The molecule has 0 N–H and O–H groups in total. The maximum atomic E-state index is 13.5. The van der Waals surface area contributed by atoms with E-state index in [4.69, 9.17) is 23.7 Å². The summed E-state index contributed by atoms with van der Waals surface area (Å²) >= 11 is 0. The number of carbonyl (C=O) groups is 2. The molecule has 0 bridgehead atoms. The van der Waals surface area contributed by atoms with Crippen LogP contribution in [0.25, 0.3) is 0 Å². The molecular formula is C36H52N2O7. The minimum atomic E-state index is -0.912. The van der Waals surface area contributed by atoms with Gasteiger partial charge in [-0.15, -0.1) is 0 Å². The molecule has 0 aromatic heterocycles. The van der Waals surface area contributed by atoms with Gasteiger partial charge in [-0.25, -0.2) is 9.59 Å². The molecule has 2 heterocycles. The first-order valence-electron chi connectivity index (χ1n) is 15.9. The summed E-state index contributed by atoms with van der Waals surface area (Å²) in [6, 6.07) is 19.4. The molecule has 4 rings (SSSR count). The Morgan fingerprint density at radius 3 is 1.29 bits per heavy atom. The summed E-state index contributed by atoms with van der Waals surface area (Å²) < 4.78 is 31.0. The van der Waals surface area contributed by atoms with Crippen molar-refractivity contribution in [1.29, 1.82) is 0 Å². The van der Waals surface area contributed by atoms with Crippen molar-refractivity contribution in [1.82, 2.24) is 9.80 Å². The lowest BCUT2D eigenvalue weighted by molar-refractivity contribution is -0.111. The molecular weight excluding hydrogens is 572 g/mol. The van der Waals surface area contributed by atoms with E-state index >= 15 is 0 Å². The minimum Gasteiger partial charge on any atom is -0.444 e. The monoisotopic (exact) mass is 624 g/mol. The SMILES string of the molecule is CC(C)(C)OC(=O)N1[C@@H](Cc2ccccc2)[C@@H](COC[C@H]2OC(C)(C)N(C(=O)OC(C)(C)C)[C@H]2Cc2ccccc2)OC1(C)C. The minimum absolute atomic E-state index is 0.227. The van der Waals surface area contributed by atoms with Crippen molar-refractivity contribution >= 4 is 12.2 Å². The second-order valence-corrected chi connectivity index (χ2v) is 15.0. The molecule has 9 nitrogen and oxygen atoms in total. The van der Waals surface area contributed by atoms with Crippen molar-refractivity contribution in [2.45, 2.75) is 129 Å². The molecule has 0 aliphatic carbocycles. The molecule has 2 aliphatic rings. The summed E-state index contributed by atoms with van der Waals surface area (Å²) in [4.78, 5) is 30.4. The Bertz CT molecular complexity index is 1180. The third kappa shape index (κ3) is 8.99. The Hall–Kier alpha value is -3.14. The number of ether oxygens (including phenoxy) is 5.